The third kappa shape index (κ3) is 4.03. The van der Waals surface area contributed by atoms with Gasteiger partial charge in [0.05, 0.1) is 0 Å². The van der Waals surface area contributed by atoms with Gasteiger partial charge < -0.3 is 14.8 Å². The Balaban J connectivity index is 1.34. The molecule has 0 atom stereocenters. The first-order valence-corrected chi connectivity index (χ1v) is 9.94. The quantitative estimate of drug-likeness (QED) is 0.590. The summed E-state index contributed by atoms with van der Waals surface area (Å²) in [6, 6.07) is 3.00. The molecule has 168 valence electrons. The standard InChI is InChI=1S/C20H20F2N6O4/c1-26-17-16(18(30)25-20(26)32)23-14(24-17)4-5-15(29)27-6-8-28(9-7-27)19(31)11-2-3-12(21)13(22)10-11/h2-3,10H,4-9H2,1H3,(H,23,24)(H,25,30,32). The van der Waals surface area contributed by atoms with Crippen LogP contribution in [0.25, 0.3) is 11.2 Å². The number of halogens is 2. The van der Waals surface area contributed by atoms with E-state index in [0.29, 0.717) is 18.9 Å². The fraction of sp³-hybridized carbons (Fsp3) is 0.350. The van der Waals surface area contributed by atoms with Crippen LogP contribution >= 0.6 is 0 Å². The van der Waals surface area contributed by atoms with Gasteiger partial charge in [-0.2, -0.15) is 0 Å². The number of piperazine rings is 1. The Morgan fingerprint density at radius 1 is 1.03 bits per heavy atom. The first-order valence-electron chi connectivity index (χ1n) is 9.94. The van der Waals surface area contributed by atoms with E-state index in [2.05, 4.69) is 15.0 Å². The molecule has 2 N–H and O–H groups in total. The van der Waals surface area contributed by atoms with Crippen molar-refractivity contribution in [2.24, 2.45) is 7.05 Å². The van der Waals surface area contributed by atoms with Crippen LogP contribution in [0.3, 0.4) is 0 Å². The van der Waals surface area contributed by atoms with Gasteiger partial charge in [-0.25, -0.2) is 18.6 Å². The molecule has 10 nitrogen and oxygen atoms in total. The molecular formula is C20H20F2N6O4. The summed E-state index contributed by atoms with van der Waals surface area (Å²) in [5.41, 5.74) is -0.718. The van der Waals surface area contributed by atoms with Crippen molar-refractivity contribution < 1.29 is 18.4 Å². The largest absolute Gasteiger partial charge is 0.339 e. The van der Waals surface area contributed by atoms with E-state index in [4.69, 9.17) is 0 Å². The maximum absolute atomic E-state index is 13.4. The molecule has 0 unspecified atom stereocenters. The lowest BCUT2D eigenvalue weighted by molar-refractivity contribution is -0.132. The fourth-order valence-electron chi connectivity index (χ4n) is 3.63. The van der Waals surface area contributed by atoms with Crippen molar-refractivity contribution in [2.45, 2.75) is 12.8 Å². The van der Waals surface area contributed by atoms with Gasteiger partial charge in [-0.05, 0) is 18.2 Å². The van der Waals surface area contributed by atoms with Crippen molar-refractivity contribution in [3.8, 4) is 0 Å². The second-order valence-electron chi connectivity index (χ2n) is 7.50. The minimum atomic E-state index is -1.09. The molecule has 2 amide bonds. The van der Waals surface area contributed by atoms with Crippen LogP contribution in [0.5, 0.6) is 0 Å². The van der Waals surface area contributed by atoms with Crippen LogP contribution in [0.1, 0.15) is 22.6 Å². The van der Waals surface area contributed by atoms with Gasteiger partial charge >= 0.3 is 5.69 Å². The molecule has 32 heavy (non-hydrogen) atoms. The van der Waals surface area contributed by atoms with Crippen molar-refractivity contribution in [2.75, 3.05) is 26.2 Å². The Hall–Kier alpha value is -3.83. The van der Waals surface area contributed by atoms with Gasteiger partial charge in [0.15, 0.2) is 17.3 Å². The molecular weight excluding hydrogens is 426 g/mol. The highest BCUT2D eigenvalue weighted by molar-refractivity contribution is 5.94. The number of nitrogens with zero attached hydrogens (tertiary/aromatic N) is 4. The van der Waals surface area contributed by atoms with Gasteiger partial charge in [0.25, 0.3) is 11.5 Å². The minimum Gasteiger partial charge on any atom is -0.339 e. The van der Waals surface area contributed by atoms with E-state index in [1.165, 1.54) is 22.6 Å². The highest BCUT2D eigenvalue weighted by Gasteiger charge is 2.25. The summed E-state index contributed by atoms with van der Waals surface area (Å²) in [6.07, 6.45) is 0.373. The maximum Gasteiger partial charge on any atom is 0.329 e. The number of aromatic amines is 2. The number of imidazole rings is 1. The number of carbonyl (C=O) groups excluding carboxylic acids is 2. The summed E-state index contributed by atoms with van der Waals surface area (Å²) in [5.74, 6) is -2.26. The molecule has 4 rings (SSSR count). The summed E-state index contributed by atoms with van der Waals surface area (Å²) in [4.78, 5) is 61.0. The number of hydrogen-bond acceptors (Lipinski definition) is 5. The molecule has 0 bridgehead atoms. The van der Waals surface area contributed by atoms with E-state index in [9.17, 15) is 28.0 Å². The van der Waals surface area contributed by atoms with Crippen LogP contribution in [0.4, 0.5) is 8.78 Å². The average Bonchev–Trinajstić information content (AvgIpc) is 3.22. The van der Waals surface area contributed by atoms with Crippen molar-refractivity contribution in [1.82, 2.24) is 29.3 Å². The second-order valence-corrected chi connectivity index (χ2v) is 7.50. The number of carbonyl (C=O) groups is 2. The van der Waals surface area contributed by atoms with Gasteiger partial charge in [-0.1, -0.05) is 0 Å². The molecule has 2 aromatic heterocycles. The predicted molar refractivity (Wildman–Crippen MR) is 109 cm³/mol. The topological polar surface area (TPSA) is 124 Å². The first kappa shape index (κ1) is 21.4. The molecule has 1 saturated heterocycles. The summed E-state index contributed by atoms with van der Waals surface area (Å²) in [6.45, 7) is 1.16. The van der Waals surface area contributed by atoms with Crippen LogP contribution in [0.2, 0.25) is 0 Å². The summed E-state index contributed by atoms with van der Waals surface area (Å²) < 4.78 is 27.7. The summed E-state index contributed by atoms with van der Waals surface area (Å²) in [5, 5.41) is 0. The lowest BCUT2D eigenvalue weighted by Gasteiger charge is -2.34. The smallest absolute Gasteiger partial charge is 0.329 e. The summed E-state index contributed by atoms with van der Waals surface area (Å²) in [7, 11) is 1.48. The number of benzene rings is 1. The lowest BCUT2D eigenvalue weighted by atomic mass is 10.1. The molecule has 0 aliphatic carbocycles. The minimum absolute atomic E-state index is 0.0537. The van der Waals surface area contributed by atoms with E-state index in [-0.39, 0.29) is 48.6 Å². The van der Waals surface area contributed by atoms with E-state index in [0.717, 1.165) is 12.1 Å². The number of fused-ring (bicyclic) bond motifs is 1. The number of aromatic nitrogens is 4. The predicted octanol–water partition coefficient (Wildman–Crippen LogP) is 0.145. The Morgan fingerprint density at radius 3 is 2.41 bits per heavy atom. The van der Waals surface area contributed by atoms with Crippen molar-refractivity contribution in [3.05, 3.63) is 62.1 Å². The highest BCUT2D eigenvalue weighted by Crippen LogP contribution is 2.14. The van der Waals surface area contributed by atoms with Crippen LogP contribution < -0.4 is 11.2 Å². The number of amides is 2. The summed E-state index contributed by atoms with van der Waals surface area (Å²) >= 11 is 0. The van der Waals surface area contributed by atoms with Crippen molar-refractivity contribution in [3.63, 3.8) is 0 Å². The van der Waals surface area contributed by atoms with E-state index in [1.807, 2.05) is 0 Å². The fourth-order valence-corrected chi connectivity index (χ4v) is 3.63. The molecule has 1 aliphatic rings. The van der Waals surface area contributed by atoms with Crippen LogP contribution in [-0.4, -0.2) is 67.3 Å². The Bertz CT molecular complexity index is 1320. The number of H-pyrrole nitrogens is 2. The molecule has 1 aliphatic heterocycles. The van der Waals surface area contributed by atoms with Crippen LogP contribution in [0.15, 0.2) is 27.8 Å². The maximum atomic E-state index is 13.4. The molecule has 1 fully saturated rings. The zero-order valence-corrected chi connectivity index (χ0v) is 17.2. The van der Waals surface area contributed by atoms with Gasteiger partial charge in [-0.3, -0.25) is 23.9 Å². The third-order valence-corrected chi connectivity index (χ3v) is 5.47. The number of hydrogen-bond donors (Lipinski definition) is 2. The number of nitrogens with one attached hydrogen (secondary N) is 2. The monoisotopic (exact) mass is 446 g/mol. The average molecular weight is 446 g/mol. The van der Waals surface area contributed by atoms with Crippen LogP contribution in [0, 0.1) is 11.6 Å². The van der Waals surface area contributed by atoms with Gasteiger partial charge in [0, 0.05) is 51.6 Å². The molecule has 1 aromatic carbocycles. The molecule has 3 heterocycles. The molecule has 3 aromatic rings. The van der Waals surface area contributed by atoms with Crippen LogP contribution in [-0.2, 0) is 18.3 Å². The first-order chi connectivity index (χ1) is 15.2. The second kappa shape index (κ2) is 8.36. The van der Waals surface area contributed by atoms with Gasteiger partial charge in [0.1, 0.15) is 11.3 Å². The lowest BCUT2D eigenvalue weighted by Crippen LogP contribution is -2.50. The number of aryl methyl sites for hydroxylation is 2. The molecule has 0 spiro atoms. The SMILES string of the molecule is Cn1c(=O)[nH]c(=O)c2[nH]c(CCC(=O)N3CCN(C(=O)c4ccc(F)c(F)c4)CC3)nc21. The van der Waals surface area contributed by atoms with E-state index in [1.54, 1.807) is 4.90 Å². The zero-order valence-electron chi connectivity index (χ0n) is 17.2. The Labute approximate surface area is 179 Å². The van der Waals surface area contributed by atoms with Gasteiger partial charge in [-0.15, -0.1) is 0 Å². The van der Waals surface area contributed by atoms with Crippen molar-refractivity contribution in [1.29, 1.82) is 0 Å². The molecule has 12 heteroatoms. The van der Waals surface area contributed by atoms with Gasteiger partial charge in [0.2, 0.25) is 5.91 Å². The third-order valence-electron chi connectivity index (χ3n) is 5.47. The Kier molecular flexibility index (Phi) is 5.59. The van der Waals surface area contributed by atoms with E-state index < -0.39 is 28.8 Å². The molecule has 0 saturated carbocycles. The number of rotatable bonds is 4. The zero-order chi connectivity index (χ0) is 23.0. The normalized spacial score (nSPS) is 14.2. The molecule has 0 radical (unpaired) electrons. The van der Waals surface area contributed by atoms with E-state index >= 15 is 0 Å². The highest BCUT2D eigenvalue weighted by atomic mass is 19.2. The Morgan fingerprint density at radius 2 is 1.72 bits per heavy atom. The van der Waals surface area contributed by atoms with Crippen molar-refractivity contribution >= 4 is 23.0 Å².